The van der Waals surface area contributed by atoms with Gasteiger partial charge in [-0.1, -0.05) is 39.8 Å². The first kappa shape index (κ1) is 26.9. The molecule has 3 rings (SSSR count). The number of nitrogens with zero attached hydrogens (tertiary/aromatic N) is 5. The number of nitrogen functional groups attached to an aromatic ring is 1. The van der Waals surface area contributed by atoms with E-state index in [0.717, 1.165) is 24.5 Å². The summed E-state index contributed by atoms with van der Waals surface area (Å²) in [5, 5.41) is 6.92. The molecular weight excluding hydrogens is 458 g/mol. The summed E-state index contributed by atoms with van der Waals surface area (Å²) in [5.74, 6) is 2.52. The zero-order valence-electron chi connectivity index (χ0n) is 21.8. The van der Waals surface area contributed by atoms with E-state index < -0.39 is 0 Å². The third-order valence-electron chi connectivity index (χ3n) is 5.76. The summed E-state index contributed by atoms with van der Waals surface area (Å²) in [4.78, 5) is 27.8. The fraction of sp³-hybridized carbons (Fsp3) is 0.500. The molecule has 3 aromatic heterocycles. The number of nitrogens with two attached hydrogens (primary N) is 1. The number of hydrogen-bond acceptors (Lipinski definition) is 9. The molecule has 0 saturated carbocycles. The van der Waals surface area contributed by atoms with Gasteiger partial charge in [-0.25, -0.2) is 15.0 Å². The topological polar surface area (TPSA) is 132 Å². The maximum absolute atomic E-state index is 13.0. The fourth-order valence-corrected chi connectivity index (χ4v) is 3.72. The van der Waals surface area contributed by atoms with E-state index in [-0.39, 0.29) is 29.8 Å². The van der Waals surface area contributed by atoms with Crippen molar-refractivity contribution in [1.82, 2.24) is 20.1 Å². The van der Waals surface area contributed by atoms with Gasteiger partial charge in [-0.2, -0.15) is 0 Å². The van der Waals surface area contributed by atoms with Crippen LogP contribution in [0.4, 0.5) is 17.6 Å². The van der Waals surface area contributed by atoms with Crippen LogP contribution in [0, 0.1) is 5.92 Å². The highest BCUT2D eigenvalue weighted by Crippen LogP contribution is 2.28. The maximum atomic E-state index is 13.0. The number of ether oxygens (including phenoxy) is 1. The van der Waals surface area contributed by atoms with E-state index in [9.17, 15) is 4.79 Å². The average Bonchev–Trinajstić information content (AvgIpc) is 3.32. The third kappa shape index (κ3) is 7.40. The standard InChI is InChI=1S/C26H37N7O3/c1-6-14-33(23-20(9-8-12-28-23)35-17-19-10-13-29-25(27)30-19)15-11-18(7-2)24(34)31-22-16-21(36-32-22)26(3,4)5/h8-10,12-13,16,18H,6-7,11,14-15,17H2,1-5H3,(H2,27,29,30)(H,31,32,34). The maximum Gasteiger partial charge on any atom is 0.228 e. The van der Waals surface area contributed by atoms with Crippen molar-refractivity contribution in [1.29, 1.82) is 0 Å². The van der Waals surface area contributed by atoms with E-state index >= 15 is 0 Å². The van der Waals surface area contributed by atoms with Gasteiger partial charge in [-0.15, -0.1) is 0 Å². The van der Waals surface area contributed by atoms with E-state index in [0.29, 0.717) is 36.6 Å². The van der Waals surface area contributed by atoms with Crippen molar-refractivity contribution in [3.63, 3.8) is 0 Å². The van der Waals surface area contributed by atoms with E-state index in [1.54, 1.807) is 24.5 Å². The lowest BCUT2D eigenvalue weighted by atomic mass is 9.93. The van der Waals surface area contributed by atoms with Gasteiger partial charge in [0.2, 0.25) is 11.9 Å². The number of pyridine rings is 1. The molecule has 36 heavy (non-hydrogen) atoms. The molecule has 10 heteroatoms. The minimum Gasteiger partial charge on any atom is -0.483 e. The first-order valence-corrected chi connectivity index (χ1v) is 12.4. The first-order chi connectivity index (χ1) is 17.2. The second kappa shape index (κ2) is 12.3. The molecule has 0 spiro atoms. The molecule has 0 radical (unpaired) electrons. The predicted molar refractivity (Wildman–Crippen MR) is 140 cm³/mol. The SMILES string of the molecule is CCCN(CCC(CC)C(=O)Nc1cc(C(C)(C)C)on1)c1ncccc1OCc1ccnc(N)n1. The van der Waals surface area contributed by atoms with Crippen molar-refractivity contribution in [3.05, 3.63) is 48.1 Å². The minimum absolute atomic E-state index is 0.0680. The molecule has 0 aliphatic heterocycles. The van der Waals surface area contributed by atoms with Gasteiger partial charge in [0.1, 0.15) is 12.4 Å². The zero-order valence-corrected chi connectivity index (χ0v) is 21.8. The summed E-state index contributed by atoms with van der Waals surface area (Å²) < 4.78 is 11.4. The fourth-order valence-electron chi connectivity index (χ4n) is 3.72. The van der Waals surface area contributed by atoms with Crippen LogP contribution in [0.2, 0.25) is 0 Å². The van der Waals surface area contributed by atoms with Gasteiger partial charge in [0.05, 0.1) is 5.69 Å². The second-order valence-corrected chi connectivity index (χ2v) is 9.72. The molecule has 3 aromatic rings. The van der Waals surface area contributed by atoms with E-state index in [1.807, 2.05) is 39.8 Å². The Balaban J connectivity index is 1.66. The lowest BCUT2D eigenvalue weighted by Crippen LogP contribution is -2.31. The molecule has 0 fully saturated rings. The number of nitrogens with one attached hydrogen (secondary N) is 1. The van der Waals surface area contributed by atoms with Gasteiger partial charge >= 0.3 is 0 Å². The molecular formula is C26H37N7O3. The number of amides is 1. The van der Waals surface area contributed by atoms with Crippen molar-refractivity contribution in [2.75, 3.05) is 29.0 Å². The van der Waals surface area contributed by atoms with Crippen LogP contribution in [-0.4, -0.2) is 39.1 Å². The number of hydrogen-bond donors (Lipinski definition) is 2. The van der Waals surface area contributed by atoms with Gasteiger partial charge in [-0.3, -0.25) is 4.79 Å². The molecule has 10 nitrogen and oxygen atoms in total. The highest BCUT2D eigenvalue weighted by Gasteiger charge is 2.23. The monoisotopic (exact) mass is 495 g/mol. The van der Waals surface area contributed by atoms with Crippen LogP contribution in [0.25, 0.3) is 0 Å². The van der Waals surface area contributed by atoms with Gasteiger partial charge < -0.3 is 25.2 Å². The Bertz CT molecular complexity index is 1130. The molecule has 194 valence electrons. The number of rotatable bonds is 12. The molecule has 0 bridgehead atoms. The predicted octanol–water partition coefficient (Wildman–Crippen LogP) is 4.59. The highest BCUT2D eigenvalue weighted by molar-refractivity contribution is 5.91. The molecule has 0 aromatic carbocycles. The van der Waals surface area contributed by atoms with Crippen molar-refractivity contribution in [3.8, 4) is 5.75 Å². The van der Waals surface area contributed by atoms with Crippen LogP contribution < -0.4 is 20.7 Å². The second-order valence-electron chi connectivity index (χ2n) is 9.72. The zero-order chi connectivity index (χ0) is 26.1. The summed E-state index contributed by atoms with van der Waals surface area (Å²) >= 11 is 0. The molecule has 1 atom stereocenters. The number of aromatic nitrogens is 4. The van der Waals surface area contributed by atoms with Crippen LogP contribution in [0.1, 0.15) is 65.3 Å². The van der Waals surface area contributed by atoms with Crippen molar-refractivity contribution >= 4 is 23.5 Å². The van der Waals surface area contributed by atoms with Crippen LogP contribution in [0.3, 0.4) is 0 Å². The van der Waals surface area contributed by atoms with Gasteiger partial charge in [-0.05, 0) is 37.5 Å². The van der Waals surface area contributed by atoms with Crippen LogP contribution in [0.5, 0.6) is 5.75 Å². The van der Waals surface area contributed by atoms with E-state index in [4.69, 9.17) is 15.0 Å². The summed E-state index contributed by atoms with van der Waals surface area (Å²) in [6.45, 7) is 11.9. The molecule has 0 saturated heterocycles. The number of anilines is 3. The lowest BCUT2D eigenvalue weighted by molar-refractivity contribution is -0.120. The Labute approximate surface area is 212 Å². The summed E-state index contributed by atoms with van der Waals surface area (Å²) in [7, 11) is 0. The summed E-state index contributed by atoms with van der Waals surface area (Å²) in [5.41, 5.74) is 6.19. The first-order valence-electron chi connectivity index (χ1n) is 12.4. The molecule has 0 aliphatic carbocycles. The minimum atomic E-state index is -0.184. The van der Waals surface area contributed by atoms with Crippen LogP contribution in [0.15, 0.2) is 41.2 Å². The number of carbonyl (C=O) groups is 1. The van der Waals surface area contributed by atoms with Gasteiger partial charge in [0, 0.05) is 42.9 Å². The largest absolute Gasteiger partial charge is 0.483 e. The van der Waals surface area contributed by atoms with Crippen molar-refractivity contribution < 1.29 is 14.1 Å². The normalized spacial score (nSPS) is 12.2. The molecule has 1 amide bonds. The highest BCUT2D eigenvalue weighted by atomic mass is 16.5. The molecule has 1 unspecified atom stereocenters. The van der Waals surface area contributed by atoms with Crippen LogP contribution in [-0.2, 0) is 16.8 Å². The lowest BCUT2D eigenvalue weighted by Gasteiger charge is -2.26. The summed E-state index contributed by atoms with van der Waals surface area (Å²) in [6.07, 6.45) is 5.64. The van der Waals surface area contributed by atoms with Gasteiger partial charge in [0.25, 0.3) is 0 Å². The Morgan fingerprint density at radius 3 is 2.67 bits per heavy atom. The Morgan fingerprint density at radius 1 is 1.19 bits per heavy atom. The van der Waals surface area contributed by atoms with Gasteiger partial charge in [0.15, 0.2) is 17.4 Å². The quantitative estimate of drug-likeness (QED) is 0.370. The molecule has 3 heterocycles. The van der Waals surface area contributed by atoms with E-state index in [2.05, 4.69) is 37.2 Å². The Morgan fingerprint density at radius 2 is 2.00 bits per heavy atom. The van der Waals surface area contributed by atoms with Crippen molar-refractivity contribution in [2.45, 2.75) is 65.9 Å². The smallest absolute Gasteiger partial charge is 0.228 e. The summed E-state index contributed by atoms with van der Waals surface area (Å²) in [6, 6.07) is 7.27. The number of carbonyl (C=O) groups excluding carboxylic acids is 1. The van der Waals surface area contributed by atoms with E-state index in [1.165, 1.54) is 0 Å². The Kier molecular flexibility index (Phi) is 9.21. The van der Waals surface area contributed by atoms with Crippen LogP contribution >= 0.6 is 0 Å². The Hall–Kier alpha value is -3.69. The third-order valence-corrected chi connectivity index (χ3v) is 5.76. The average molecular weight is 496 g/mol. The molecule has 3 N–H and O–H groups in total. The molecule has 0 aliphatic rings. The van der Waals surface area contributed by atoms with Crippen molar-refractivity contribution in [2.24, 2.45) is 5.92 Å².